The van der Waals surface area contributed by atoms with Crippen molar-refractivity contribution in [1.82, 2.24) is 16.0 Å². The Bertz CT molecular complexity index is 4120. The summed E-state index contributed by atoms with van der Waals surface area (Å²) in [6.45, 7) is 2.82. The van der Waals surface area contributed by atoms with E-state index >= 15 is 0 Å². The lowest BCUT2D eigenvalue weighted by Crippen LogP contribution is -2.75. The molecule has 13 rings (SSSR count). The molecule has 1 unspecified atom stereocenters. The molecule has 107 heavy (non-hydrogen) atoms. The molecule has 4 aliphatic heterocycles. The van der Waals surface area contributed by atoms with Crippen LogP contribution < -0.4 is 16.0 Å². The summed E-state index contributed by atoms with van der Waals surface area (Å²) in [6, 6.07) is 68.8. The Morgan fingerprint density at radius 3 is 1.57 bits per heavy atom. The van der Waals surface area contributed by atoms with Gasteiger partial charge in [0.2, 0.25) is 23.8 Å². The van der Waals surface area contributed by atoms with E-state index in [1.165, 1.54) is 13.8 Å². The zero-order valence-electron chi connectivity index (χ0n) is 59.4. The van der Waals surface area contributed by atoms with E-state index in [0.717, 1.165) is 57.0 Å². The Hall–Kier alpha value is -9.16. The molecule has 6 N–H and O–H groups in total. The molecular weight excluding hydrogens is 1370 g/mol. The molecule has 0 saturated carbocycles. The van der Waals surface area contributed by atoms with E-state index in [-0.39, 0.29) is 58.8 Å². The van der Waals surface area contributed by atoms with Crippen molar-refractivity contribution >= 4 is 23.9 Å². The van der Waals surface area contributed by atoms with Crippen LogP contribution in [0.3, 0.4) is 0 Å². The van der Waals surface area contributed by atoms with Gasteiger partial charge in [0, 0.05) is 25.3 Å². The van der Waals surface area contributed by atoms with E-state index in [1.54, 1.807) is 30.3 Å². The number of benzene rings is 8. The quantitative estimate of drug-likeness (QED) is 0.0221. The van der Waals surface area contributed by atoms with Crippen molar-refractivity contribution in [3.05, 3.63) is 275 Å². The molecule has 0 aromatic heterocycles. The first-order valence-electron chi connectivity index (χ1n) is 35.9. The lowest BCUT2D eigenvalue weighted by Gasteiger charge is -2.52. The average molecular weight is 1460 g/mol. The van der Waals surface area contributed by atoms with E-state index in [0.29, 0.717) is 5.56 Å². The van der Waals surface area contributed by atoms with Crippen molar-refractivity contribution in [2.45, 2.75) is 170 Å². The minimum Gasteiger partial charge on any atom is -0.480 e. The number of amides is 3. The van der Waals surface area contributed by atoms with E-state index in [2.05, 4.69) is 16.0 Å². The number of aliphatic carboxylic acids is 1. The first kappa shape index (κ1) is 76.1. The third-order valence-electron chi connectivity index (χ3n) is 19.5. The molecule has 4 fully saturated rings. The average Bonchev–Trinajstić information content (AvgIpc) is 1.66. The highest BCUT2D eigenvalue weighted by Gasteiger charge is 2.60. The minimum atomic E-state index is -2.80. The summed E-state index contributed by atoms with van der Waals surface area (Å²) in [5.41, 5.74) is 5.72. The minimum absolute atomic E-state index is 0.0431. The summed E-state index contributed by atoms with van der Waals surface area (Å²) in [6.07, 6.45) is -21.0. The molecule has 0 radical (unpaired) electrons. The summed E-state index contributed by atoms with van der Waals surface area (Å²) in [4.78, 5) is 54.5. The third-order valence-corrected chi connectivity index (χ3v) is 19.5. The van der Waals surface area contributed by atoms with Crippen LogP contribution in [0.4, 0.5) is 4.79 Å². The highest BCUT2D eigenvalue weighted by molar-refractivity contribution is 5.81. The fraction of sp³-hybridized carbons (Fsp3) is 0.373. The topological polar surface area (TPSA) is 294 Å². The van der Waals surface area contributed by atoms with E-state index in [9.17, 15) is 34.5 Å². The van der Waals surface area contributed by atoms with Crippen LogP contribution in [-0.2, 0) is 114 Å². The number of carboxylic acid groups (broad SMARTS) is 1. The Balaban J connectivity index is 0.823. The van der Waals surface area contributed by atoms with Crippen LogP contribution in [0.5, 0.6) is 0 Å². The summed E-state index contributed by atoms with van der Waals surface area (Å²) < 4.78 is 94.6. The van der Waals surface area contributed by atoms with Gasteiger partial charge in [0.25, 0.3) is 0 Å². The van der Waals surface area contributed by atoms with Gasteiger partial charge in [0.15, 0.2) is 24.9 Å². The molecule has 3 amide bonds. The largest absolute Gasteiger partial charge is 0.480 e. The van der Waals surface area contributed by atoms with Crippen molar-refractivity contribution in [3.8, 4) is 11.1 Å². The monoisotopic (exact) mass is 1460 g/mol. The van der Waals surface area contributed by atoms with Gasteiger partial charge in [0.1, 0.15) is 73.7 Å². The van der Waals surface area contributed by atoms with Crippen LogP contribution in [0.15, 0.2) is 231 Å². The van der Waals surface area contributed by atoms with Crippen LogP contribution in [0.2, 0.25) is 0 Å². The highest BCUT2D eigenvalue weighted by Crippen LogP contribution is 2.45. The number of ether oxygens (including phenoxy) is 14. The normalized spacial score (nSPS) is 27.3. The molecular formula is C83H89N3O21. The Morgan fingerprint density at radius 1 is 0.523 bits per heavy atom. The molecule has 4 heterocycles. The van der Waals surface area contributed by atoms with Crippen LogP contribution >= 0.6 is 0 Å². The molecule has 0 bridgehead atoms. The van der Waals surface area contributed by atoms with Gasteiger partial charge in [-0.05, 0) is 57.0 Å². The Morgan fingerprint density at radius 2 is 1.03 bits per heavy atom. The SMILES string of the molecule is CC(=O)N[C@H]1[C@H](OC[C@H]2O[C@H](O[C@H](C)[C@H](NC(=O)OCC3c4ccccc4-c4ccccc43)C(=O)O)[C@@](O)(NC(C)=O)[C@@H](OCc3ccccc3)[C@H]2O)O[C@H](COCc2ccccc2)[C@@H](O[C@@H]2O[C@@H]3COC(c4ccccc4)O[C@@H]3[C@H](OCc3ccccc3)[C@H]2OCc2ccccc2)[C@@H]1OCc1ccccc1. The van der Waals surface area contributed by atoms with Gasteiger partial charge in [-0.25, -0.2) is 9.59 Å². The fourth-order valence-corrected chi connectivity index (χ4v) is 14.3. The summed E-state index contributed by atoms with van der Waals surface area (Å²) >= 11 is 0. The number of nitrogens with one attached hydrogen (secondary N) is 3. The van der Waals surface area contributed by atoms with Gasteiger partial charge in [-0.3, -0.25) is 9.59 Å². The number of aliphatic hydroxyl groups excluding tert-OH is 1. The molecule has 24 nitrogen and oxygen atoms in total. The number of hydrogen-bond acceptors (Lipinski definition) is 20. The van der Waals surface area contributed by atoms with Crippen molar-refractivity contribution in [2.24, 2.45) is 0 Å². The van der Waals surface area contributed by atoms with Crippen LogP contribution in [0.1, 0.15) is 77.5 Å². The maximum Gasteiger partial charge on any atom is 0.407 e. The third kappa shape index (κ3) is 18.9. The van der Waals surface area contributed by atoms with Gasteiger partial charge in [-0.15, -0.1) is 0 Å². The van der Waals surface area contributed by atoms with Crippen LogP contribution in [0.25, 0.3) is 11.1 Å². The second-order valence-electron chi connectivity index (χ2n) is 27.1. The predicted octanol–water partition coefficient (Wildman–Crippen LogP) is 9.32. The van der Waals surface area contributed by atoms with Gasteiger partial charge in [-0.1, -0.05) is 231 Å². The van der Waals surface area contributed by atoms with Crippen LogP contribution in [-0.4, -0.2) is 169 Å². The highest BCUT2D eigenvalue weighted by atomic mass is 16.8. The summed E-state index contributed by atoms with van der Waals surface area (Å²) in [7, 11) is 0. The molecule has 4 saturated heterocycles. The smallest absolute Gasteiger partial charge is 0.407 e. The Labute approximate surface area is 620 Å². The first-order valence-corrected chi connectivity index (χ1v) is 35.9. The number of carbonyl (C=O) groups excluding carboxylic acids is 3. The molecule has 5 aliphatic rings. The number of alkyl carbamates (subject to hydrolysis) is 1. The lowest BCUT2D eigenvalue weighted by molar-refractivity contribution is -0.393. The molecule has 24 heteroatoms. The second kappa shape index (κ2) is 36.2. The number of carbonyl (C=O) groups is 4. The van der Waals surface area contributed by atoms with E-state index in [4.69, 9.17) is 66.3 Å². The molecule has 562 valence electrons. The molecule has 8 aromatic carbocycles. The van der Waals surface area contributed by atoms with Crippen molar-refractivity contribution in [3.63, 3.8) is 0 Å². The van der Waals surface area contributed by atoms with Crippen molar-refractivity contribution < 1.29 is 101 Å². The van der Waals surface area contributed by atoms with Crippen molar-refractivity contribution in [1.29, 1.82) is 0 Å². The standard InChI is InChI=1S/C83H89N3O21/c1-51(68(77(90)91)85-82(92)101-47-64-62-40-24-22-38-60(62)61-39-23-25-41-63(61)64)102-81-83(93,86-53(3)88)76(98-46-58-34-18-8-19-35-58)70(89)65(105-81)49-100-79-69(84-52(2)87)73(95-43-55-28-12-5-13-29-55)71(66(103-79)48-94-42-54-26-10-4-11-27-54)107-80-75(97-45-57-32-16-7-17-33-57)74(96-44-56-30-14-6-15-31-56)72-67(104-80)50-99-78(106-72)59-36-20-9-21-37-59/h4-41,51,64-76,78-81,89,93H,42-50H2,1-3H3,(H,84,87)(H,85,92)(H,86,88)(H,90,91)/t51-,65-,66-,67-,68+,69-,70+,71-,72+,73-,74+,75-,76+,78?,79-,80+,81+,83-/m1/s1. The first-order chi connectivity index (χ1) is 52.1. The number of rotatable bonds is 31. The number of fused-ring (bicyclic) bond motifs is 4. The van der Waals surface area contributed by atoms with Gasteiger partial charge in [0.05, 0.1) is 59.0 Å². The second-order valence-corrected chi connectivity index (χ2v) is 27.1. The number of hydrogen-bond donors (Lipinski definition) is 6. The number of carboxylic acids is 1. The number of aliphatic hydroxyl groups is 2. The molecule has 18 atom stereocenters. The Kier molecular flexibility index (Phi) is 25.7. The van der Waals surface area contributed by atoms with Gasteiger partial charge < -0.3 is 97.6 Å². The fourth-order valence-electron chi connectivity index (χ4n) is 14.3. The summed E-state index contributed by atoms with van der Waals surface area (Å²) in [5.74, 6) is -3.29. The van der Waals surface area contributed by atoms with Crippen molar-refractivity contribution in [2.75, 3.05) is 26.4 Å². The zero-order valence-corrected chi connectivity index (χ0v) is 59.4. The lowest BCUT2D eigenvalue weighted by atomic mass is 9.92. The summed E-state index contributed by atoms with van der Waals surface area (Å²) in [5, 5.41) is 44.4. The van der Waals surface area contributed by atoms with E-state index < -0.39 is 141 Å². The zero-order chi connectivity index (χ0) is 74.2. The molecule has 1 aliphatic carbocycles. The molecule has 8 aromatic rings. The van der Waals surface area contributed by atoms with Gasteiger partial charge >= 0.3 is 12.1 Å². The predicted molar refractivity (Wildman–Crippen MR) is 386 cm³/mol. The van der Waals surface area contributed by atoms with Gasteiger partial charge in [-0.2, -0.15) is 0 Å². The maximum absolute atomic E-state index is 14.0. The maximum atomic E-state index is 14.0. The van der Waals surface area contributed by atoms with Crippen LogP contribution in [0, 0.1) is 0 Å². The molecule has 0 spiro atoms. The van der Waals surface area contributed by atoms with E-state index in [1.807, 2.05) is 200 Å².